The van der Waals surface area contributed by atoms with Gasteiger partial charge in [-0.25, -0.2) is 0 Å². The second kappa shape index (κ2) is 33.4. The van der Waals surface area contributed by atoms with Crippen molar-refractivity contribution in [3.05, 3.63) is 46.5 Å². The number of aryl methyl sites for hydroxylation is 4. The molecule has 0 atom stereocenters. The summed E-state index contributed by atoms with van der Waals surface area (Å²) >= 11 is 0. The highest BCUT2D eigenvalue weighted by Crippen LogP contribution is 2.34. The van der Waals surface area contributed by atoms with Crippen LogP contribution in [0.3, 0.4) is 0 Å². The molecule has 2 rings (SSSR count). The third kappa shape index (κ3) is 25.2. The summed E-state index contributed by atoms with van der Waals surface area (Å²) in [5.74, 6) is -2.80. The van der Waals surface area contributed by atoms with Crippen LogP contribution in [0.2, 0.25) is 0 Å². The third-order valence-corrected chi connectivity index (χ3v) is 11.9. The quantitative estimate of drug-likeness (QED) is 0.0486. The van der Waals surface area contributed by atoms with Crippen LogP contribution in [0, 0.1) is 0 Å². The normalized spacial score (nSPS) is 11.4. The first-order chi connectivity index (χ1) is 28.2. The molecule has 2 aromatic carbocycles. The van der Waals surface area contributed by atoms with Crippen molar-refractivity contribution in [1.82, 2.24) is 0 Å². The maximum absolute atomic E-state index is 10.8. The lowest BCUT2D eigenvalue weighted by Gasteiger charge is -2.19. The van der Waals surface area contributed by atoms with Gasteiger partial charge >= 0.3 is 23.9 Å². The fourth-order valence-corrected chi connectivity index (χ4v) is 8.53. The van der Waals surface area contributed by atoms with Crippen LogP contribution in [0.25, 0.3) is 10.8 Å². The highest BCUT2D eigenvalue weighted by atomic mass is 16.4. The van der Waals surface area contributed by atoms with Crippen molar-refractivity contribution in [3.63, 3.8) is 0 Å². The zero-order chi connectivity index (χ0) is 42.1. The second-order valence-electron chi connectivity index (χ2n) is 17.0. The molecule has 0 aromatic heterocycles. The van der Waals surface area contributed by atoms with Crippen LogP contribution in [0.1, 0.15) is 228 Å². The van der Waals surface area contributed by atoms with E-state index in [4.69, 9.17) is 20.4 Å². The molecule has 0 aliphatic heterocycles. The summed E-state index contributed by atoms with van der Waals surface area (Å²) in [5.41, 5.74) is 5.94. The monoisotopic (exact) mass is 809 g/mol. The summed E-state index contributed by atoms with van der Waals surface area (Å²) in [4.78, 5) is 43.4. The summed E-state index contributed by atoms with van der Waals surface area (Å²) in [7, 11) is 0. The Balaban J connectivity index is 2.17. The molecule has 0 fully saturated rings. The van der Waals surface area contributed by atoms with E-state index in [9.17, 15) is 19.2 Å². The molecule has 8 nitrogen and oxygen atoms in total. The molecule has 0 aliphatic rings. The van der Waals surface area contributed by atoms with Crippen LogP contribution < -0.4 is 0 Å². The zero-order valence-corrected chi connectivity index (χ0v) is 36.2. The number of hydrogen-bond donors (Lipinski definition) is 4. The summed E-state index contributed by atoms with van der Waals surface area (Å²) in [5, 5.41) is 38.7. The van der Waals surface area contributed by atoms with Crippen molar-refractivity contribution >= 4 is 34.6 Å². The van der Waals surface area contributed by atoms with Crippen LogP contribution in [0.4, 0.5) is 0 Å². The Morgan fingerprint density at radius 2 is 0.414 bits per heavy atom. The molecule has 0 aliphatic carbocycles. The fourth-order valence-electron chi connectivity index (χ4n) is 8.53. The summed E-state index contributed by atoms with van der Waals surface area (Å²) in [6.45, 7) is 0. The van der Waals surface area contributed by atoms with E-state index < -0.39 is 23.9 Å². The average Bonchev–Trinajstić information content (AvgIpc) is 3.18. The molecule has 0 saturated heterocycles. The smallest absolute Gasteiger partial charge is 0.303 e. The molecule has 0 unspecified atom stereocenters. The van der Waals surface area contributed by atoms with Crippen molar-refractivity contribution in [3.8, 4) is 0 Å². The standard InChI is InChI=1S/C50H80O8/c51-45(52)33-25-17-9-1-5-13-21-29-41-37-38-43(31-23-15-7-3-11-19-27-35-47(55)56)50-44(32-24-16-8-4-12-20-28-36-48(57)58)40-39-42(49(41)50)30-22-14-6-2-10-18-26-34-46(53)54/h37-40H,1-36H2,(H,51,52)(H,53,54)(H,55,56)(H,57,58). The van der Waals surface area contributed by atoms with Gasteiger partial charge in [0, 0.05) is 25.7 Å². The number of carboxylic acid groups (broad SMARTS) is 4. The predicted octanol–water partition coefficient (Wildman–Crippen LogP) is 13.8. The third-order valence-electron chi connectivity index (χ3n) is 11.9. The molecular weight excluding hydrogens is 729 g/mol. The lowest BCUT2D eigenvalue weighted by Crippen LogP contribution is -2.02. The Morgan fingerprint density at radius 1 is 0.259 bits per heavy atom. The van der Waals surface area contributed by atoms with E-state index >= 15 is 0 Å². The van der Waals surface area contributed by atoms with Gasteiger partial charge in [0.15, 0.2) is 0 Å². The summed E-state index contributed by atoms with van der Waals surface area (Å²) in [6.07, 6.45) is 35.7. The molecule has 0 bridgehead atoms. The molecule has 0 radical (unpaired) electrons. The minimum Gasteiger partial charge on any atom is -0.481 e. The SMILES string of the molecule is O=C(O)CCCCCCCCCc1ccc(CCCCCCCCCC(=O)O)c2c(CCCCCCCCCC(=O)O)ccc(CCCCCCCCCC(=O)O)c12. The Bertz CT molecular complexity index is 1220. The Kier molecular flexibility index (Phi) is 29.2. The van der Waals surface area contributed by atoms with E-state index in [0.29, 0.717) is 0 Å². The molecular formula is C50H80O8. The lowest BCUT2D eigenvalue weighted by molar-refractivity contribution is -0.138. The van der Waals surface area contributed by atoms with Gasteiger partial charge in [0.25, 0.3) is 0 Å². The predicted molar refractivity (Wildman–Crippen MR) is 237 cm³/mol. The van der Waals surface area contributed by atoms with Crippen LogP contribution in [-0.2, 0) is 44.9 Å². The first-order valence-electron chi connectivity index (χ1n) is 23.6. The largest absolute Gasteiger partial charge is 0.481 e. The first kappa shape index (κ1) is 50.7. The number of rotatable bonds is 40. The molecule has 0 heterocycles. The van der Waals surface area contributed by atoms with E-state index in [-0.39, 0.29) is 25.7 Å². The van der Waals surface area contributed by atoms with Crippen molar-refractivity contribution in [1.29, 1.82) is 0 Å². The summed E-state index contributed by atoms with van der Waals surface area (Å²) < 4.78 is 0. The molecule has 328 valence electrons. The topological polar surface area (TPSA) is 149 Å². The van der Waals surface area contributed by atoms with Crippen LogP contribution in [0.5, 0.6) is 0 Å². The van der Waals surface area contributed by atoms with Gasteiger partial charge in [-0.05, 0) is 110 Å². The second-order valence-corrected chi connectivity index (χ2v) is 17.0. The number of aliphatic carboxylic acids is 4. The van der Waals surface area contributed by atoms with E-state index in [0.717, 1.165) is 128 Å². The van der Waals surface area contributed by atoms with Crippen molar-refractivity contribution in [2.24, 2.45) is 0 Å². The number of fused-ring (bicyclic) bond motifs is 1. The Labute approximate surface area is 351 Å². The van der Waals surface area contributed by atoms with Crippen LogP contribution >= 0.6 is 0 Å². The fraction of sp³-hybridized carbons (Fsp3) is 0.720. The molecule has 0 amide bonds. The number of carbonyl (C=O) groups is 4. The van der Waals surface area contributed by atoms with Gasteiger partial charge < -0.3 is 20.4 Å². The minimum absolute atomic E-state index is 0.272. The Morgan fingerprint density at radius 3 is 0.586 bits per heavy atom. The van der Waals surface area contributed by atoms with E-state index in [1.165, 1.54) is 110 Å². The van der Waals surface area contributed by atoms with Gasteiger partial charge in [0.2, 0.25) is 0 Å². The average molecular weight is 809 g/mol. The van der Waals surface area contributed by atoms with Gasteiger partial charge in [0.1, 0.15) is 0 Å². The maximum atomic E-state index is 10.8. The van der Waals surface area contributed by atoms with Gasteiger partial charge in [-0.2, -0.15) is 0 Å². The number of unbranched alkanes of at least 4 members (excludes halogenated alkanes) is 24. The number of benzene rings is 2. The zero-order valence-electron chi connectivity index (χ0n) is 36.2. The highest BCUT2D eigenvalue weighted by molar-refractivity contribution is 5.94. The summed E-state index contributed by atoms with van der Waals surface area (Å²) in [6, 6.07) is 9.73. The lowest BCUT2D eigenvalue weighted by atomic mass is 9.85. The minimum atomic E-state index is -0.700. The van der Waals surface area contributed by atoms with Crippen LogP contribution in [-0.4, -0.2) is 44.3 Å². The van der Waals surface area contributed by atoms with Crippen molar-refractivity contribution in [2.45, 2.75) is 231 Å². The van der Waals surface area contributed by atoms with Crippen molar-refractivity contribution < 1.29 is 39.6 Å². The van der Waals surface area contributed by atoms with E-state index in [1.807, 2.05) is 0 Å². The number of carboxylic acids is 4. The van der Waals surface area contributed by atoms with Crippen LogP contribution in [0.15, 0.2) is 24.3 Å². The maximum Gasteiger partial charge on any atom is 0.303 e. The molecule has 2 aromatic rings. The molecule has 8 heteroatoms. The molecule has 0 spiro atoms. The van der Waals surface area contributed by atoms with E-state index in [1.54, 1.807) is 0 Å². The van der Waals surface area contributed by atoms with Gasteiger partial charge in [0.05, 0.1) is 0 Å². The highest BCUT2D eigenvalue weighted by Gasteiger charge is 2.15. The molecule has 0 saturated carbocycles. The number of hydrogen-bond acceptors (Lipinski definition) is 4. The van der Waals surface area contributed by atoms with E-state index in [2.05, 4.69) is 24.3 Å². The van der Waals surface area contributed by atoms with Crippen molar-refractivity contribution in [2.75, 3.05) is 0 Å². The molecule has 4 N–H and O–H groups in total. The first-order valence-corrected chi connectivity index (χ1v) is 23.6. The van der Waals surface area contributed by atoms with Gasteiger partial charge in [-0.15, -0.1) is 0 Å². The Hall–Kier alpha value is -3.42. The van der Waals surface area contributed by atoms with Gasteiger partial charge in [-0.3, -0.25) is 19.2 Å². The van der Waals surface area contributed by atoms with Gasteiger partial charge in [-0.1, -0.05) is 153 Å². The molecule has 58 heavy (non-hydrogen) atoms.